The molecule has 1 aliphatic rings. The first-order valence-corrected chi connectivity index (χ1v) is 10.1. The number of hydrogen-bond donors (Lipinski definition) is 1. The molecule has 1 aliphatic heterocycles. The van der Waals surface area contributed by atoms with Gasteiger partial charge in [0.15, 0.2) is 5.75 Å². The average Bonchev–Trinajstić information content (AvgIpc) is 2.81. The van der Waals surface area contributed by atoms with Crippen molar-refractivity contribution in [2.24, 2.45) is 0 Å². The van der Waals surface area contributed by atoms with Crippen molar-refractivity contribution in [1.29, 1.82) is 0 Å². The quantitative estimate of drug-likeness (QED) is 0.479. The van der Waals surface area contributed by atoms with Crippen molar-refractivity contribution in [2.45, 2.75) is 13.0 Å². The summed E-state index contributed by atoms with van der Waals surface area (Å²) in [5.74, 6) is 3.01. The molecule has 5 nitrogen and oxygen atoms in total. The number of para-hydroxylation sites is 3. The SMILES string of the molecule is c1ccc(Oc2ccccc2Nc2ccnc(N3CCc4ccccc4C3)n2)cc1. The van der Waals surface area contributed by atoms with E-state index < -0.39 is 0 Å². The van der Waals surface area contributed by atoms with Gasteiger partial charge in [-0.15, -0.1) is 0 Å². The van der Waals surface area contributed by atoms with E-state index in [2.05, 4.69) is 39.5 Å². The van der Waals surface area contributed by atoms with E-state index in [1.54, 1.807) is 6.20 Å². The highest BCUT2D eigenvalue weighted by atomic mass is 16.5. The summed E-state index contributed by atoms with van der Waals surface area (Å²) < 4.78 is 6.05. The Kier molecular flexibility index (Phi) is 5.00. The summed E-state index contributed by atoms with van der Waals surface area (Å²) in [6.07, 6.45) is 2.80. The lowest BCUT2D eigenvalue weighted by Crippen LogP contribution is -2.31. The third-order valence-electron chi connectivity index (χ3n) is 5.18. The molecule has 1 N–H and O–H groups in total. The molecular formula is C25H22N4O. The monoisotopic (exact) mass is 394 g/mol. The van der Waals surface area contributed by atoms with Crippen LogP contribution in [0.2, 0.25) is 0 Å². The molecule has 148 valence electrons. The van der Waals surface area contributed by atoms with Crippen molar-refractivity contribution >= 4 is 17.5 Å². The van der Waals surface area contributed by atoms with Crippen LogP contribution in [0.4, 0.5) is 17.5 Å². The van der Waals surface area contributed by atoms with Gasteiger partial charge in [-0.2, -0.15) is 4.98 Å². The lowest BCUT2D eigenvalue weighted by Gasteiger charge is -2.29. The molecule has 0 amide bonds. The van der Waals surface area contributed by atoms with Gasteiger partial charge in [0.25, 0.3) is 0 Å². The van der Waals surface area contributed by atoms with Crippen LogP contribution in [0.1, 0.15) is 11.1 Å². The largest absolute Gasteiger partial charge is 0.455 e. The highest BCUT2D eigenvalue weighted by molar-refractivity contribution is 5.65. The number of benzene rings is 3. The van der Waals surface area contributed by atoms with Crippen LogP contribution in [0.15, 0.2) is 91.1 Å². The van der Waals surface area contributed by atoms with Crippen molar-refractivity contribution < 1.29 is 4.74 Å². The van der Waals surface area contributed by atoms with Crippen molar-refractivity contribution in [3.05, 3.63) is 102 Å². The van der Waals surface area contributed by atoms with Crippen LogP contribution < -0.4 is 15.0 Å². The molecule has 30 heavy (non-hydrogen) atoms. The van der Waals surface area contributed by atoms with Crippen molar-refractivity contribution in [3.8, 4) is 11.5 Å². The fourth-order valence-corrected chi connectivity index (χ4v) is 3.65. The van der Waals surface area contributed by atoms with Crippen molar-refractivity contribution in [1.82, 2.24) is 9.97 Å². The van der Waals surface area contributed by atoms with E-state index in [0.29, 0.717) is 0 Å². The van der Waals surface area contributed by atoms with Gasteiger partial charge in [-0.05, 0) is 47.9 Å². The van der Waals surface area contributed by atoms with E-state index in [4.69, 9.17) is 9.72 Å². The minimum absolute atomic E-state index is 0.732. The Hall–Kier alpha value is -3.86. The van der Waals surface area contributed by atoms with Crippen LogP contribution in [0, 0.1) is 0 Å². The summed E-state index contributed by atoms with van der Waals surface area (Å²) in [6.45, 7) is 1.74. The molecule has 0 unspecified atom stereocenters. The predicted molar refractivity (Wildman–Crippen MR) is 119 cm³/mol. The molecule has 0 spiro atoms. The van der Waals surface area contributed by atoms with Crippen LogP contribution in [0.5, 0.6) is 11.5 Å². The lowest BCUT2D eigenvalue weighted by molar-refractivity contribution is 0.485. The van der Waals surface area contributed by atoms with Gasteiger partial charge in [-0.1, -0.05) is 54.6 Å². The first-order chi connectivity index (χ1) is 14.8. The van der Waals surface area contributed by atoms with E-state index in [1.165, 1.54) is 11.1 Å². The molecule has 5 rings (SSSR count). The molecule has 0 saturated heterocycles. The molecule has 0 fully saturated rings. The summed E-state index contributed by atoms with van der Waals surface area (Å²) in [7, 11) is 0. The summed E-state index contributed by atoms with van der Waals surface area (Å²) in [4.78, 5) is 11.5. The average molecular weight is 394 g/mol. The minimum Gasteiger partial charge on any atom is -0.455 e. The molecule has 0 saturated carbocycles. The lowest BCUT2D eigenvalue weighted by atomic mass is 10.0. The molecule has 1 aromatic heterocycles. The third kappa shape index (κ3) is 3.96. The first-order valence-electron chi connectivity index (χ1n) is 10.1. The Morgan fingerprint density at radius 1 is 0.800 bits per heavy atom. The number of ether oxygens (including phenoxy) is 1. The predicted octanol–water partition coefficient (Wildman–Crippen LogP) is 5.58. The number of nitrogens with one attached hydrogen (secondary N) is 1. The van der Waals surface area contributed by atoms with E-state index in [9.17, 15) is 0 Å². The van der Waals surface area contributed by atoms with Crippen LogP contribution in [0.25, 0.3) is 0 Å². The molecule has 5 heteroatoms. The third-order valence-corrected chi connectivity index (χ3v) is 5.18. The molecule has 0 aliphatic carbocycles. The molecular weight excluding hydrogens is 372 g/mol. The summed E-state index contributed by atoms with van der Waals surface area (Å²) in [6, 6.07) is 28.1. The molecule has 4 aromatic rings. The maximum atomic E-state index is 6.05. The van der Waals surface area contributed by atoms with Crippen LogP contribution >= 0.6 is 0 Å². The smallest absolute Gasteiger partial charge is 0.227 e. The van der Waals surface area contributed by atoms with Gasteiger partial charge >= 0.3 is 0 Å². The van der Waals surface area contributed by atoms with E-state index in [1.807, 2.05) is 60.7 Å². The van der Waals surface area contributed by atoms with E-state index in [0.717, 1.165) is 48.5 Å². The second-order valence-electron chi connectivity index (χ2n) is 7.22. The Bertz CT molecular complexity index is 1150. The molecule has 0 atom stereocenters. The number of anilines is 3. The second-order valence-corrected chi connectivity index (χ2v) is 7.22. The standard InChI is InChI=1S/C25H22N4O/c1-2-10-21(11-3-1)30-23-13-7-6-12-22(23)27-24-14-16-26-25(28-24)29-17-15-19-8-4-5-9-20(19)18-29/h1-14,16H,15,17-18H2,(H,26,27,28). The Balaban J connectivity index is 1.36. The fraction of sp³-hybridized carbons (Fsp3) is 0.120. The van der Waals surface area contributed by atoms with Gasteiger partial charge in [0.2, 0.25) is 5.95 Å². The zero-order valence-electron chi connectivity index (χ0n) is 16.5. The number of hydrogen-bond acceptors (Lipinski definition) is 5. The van der Waals surface area contributed by atoms with Gasteiger partial charge in [0.05, 0.1) is 5.69 Å². The molecule has 0 radical (unpaired) electrons. The summed E-state index contributed by atoms with van der Waals surface area (Å²) in [5, 5.41) is 3.39. The Labute approximate surface area is 176 Å². The van der Waals surface area contributed by atoms with Gasteiger partial charge in [-0.3, -0.25) is 0 Å². The maximum Gasteiger partial charge on any atom is 0.227 e. The molecule has 3 aromatic carbocycles. The van der Waals surface area contributed by atoms with E-state index >= 15 is 0 Å². The Morgan fingerprint density at radius 2 is 1.57 bits per heavy atom. The number of aromatic nitrogens is 2. The summed E-state index contributed by atoms with van der Waals surface area (Å²) >= 11 is 0. The maximum absolute atomic E-state index is 6.05. The zero-order chi connectivity index (χ0) is 20.2. The zero-order valence-corrected chi connectivity index (χ0v) is 16.5. The molecule has 2 heterocycles. The van der Waals surface area contributed by atoms with Crippen molar-refractivity contribution in [3.63, 3.8) is 0 Å². The van der Waals surface area contributed by atoms with Gasteiger partial charge in [0.1, 0.15) is 11.6 Å². The van der Waals surface area contributed by atoms with Gasteiger partial charge < -0.3 is 15.0 Å². The van der Waals surface area contributed by atoms with Crippen molar-refractivity contribution in [2.75, 3.05) is 16.8 Å². The van der Waals surface area contributed by atoms with Gasteiger partial charge in [0, 0.05) is 19.3 Å². The number of nitrogens with zero attached hydrogens (tertiary/aromatic N) is 3. The van der Waals surface area contributed by atoms with Crippen LogP contribution in [-0.4, -0.2) is 16.5 Å². The number of fused-ring (bicyclic) bond motifs is 1. The first kappa shape index (κ1) is 18.2. The Morgan fingerprint density at radius 3 is 2.47 bits per heavy atom. The molecule has 0 bridgehead atoms. The highest BCUT2D eigenvalue weighted by Crippen LogP contribution is 2.31. The fourth-order valence-electron chi connectivity index (χ4n) is 3.65. The van der Waals surface area contributed by atoms with Crippen LogP contribution in [0.3, 0.4) is 0 Å². The normalized spacial score (nSPS) is 12.9. The van der Waals surface area contributed by atoms with Gasteiger partial charge in [-0.25, -0.2) is 4.98 Å². The summed E-state index contributed by atoms with van der Waals surface area (Å²) in [5.41, 5.74) is 3.61. The van der Waals surface area contributed by atoms with E-state index in [-0.39, 0.29) is 0 Å². The highest BCUT2D eigenvalue weighted by Gasteiger charge is 2.18. The number of rotatable bonds is 5. The second kappa shape index (κ2) is 8.25. The van der Waals surface area contributed by atoms with Crippen LogP contribution in [-0.2, 0) is 13.0 Å². The minimum atomic E-state index is 0.732. The topological polar surface area (TPSA) is 50.3 Å².